The van der Waals surface area contributed by atoms with Crippen molar-refractivity contribution >= 4 is 11.5 Å². The third kappa shape index (κ3) is 4.27. The summed E-state index contributed by atoms with van der Waals surface area (Å²) >= 11 is 0. The maximum absolute atomic E-state index is 13.1. The van der Waals surface area contributed by atoms with Gasteiger partial charge in [0.15, 0.2) is 0 Å². The number of benzene rings is 1. The number of aromatic nitrogens is 3. The summed E-state index contributed by atoms with van der Waals surface area (Å²) in [5.41, 5.74) is 1.36. The molecule has 2 aromatic heterocycles. The number of halogens is 4. The largest absolute Gasteiger partial charge is 0.455 e. The fourth-order valence-electron chi connectivity index (χ4n) is 3.17. The van der Waals surface area contributed by atoms with Gasteiger partial charge in [-0.3, -0.25) is 4.57 Å². The van der Waals surface area contributed by atoms with Crippen molar-refractivity contribution in [3.05, 3.63) is 82.2 Å². The van der Waals surface area contributed by atoms with E-state index in [1.807, 2.05) is 11.0 Å². The quantitative estimate of drug-likeness (QED) is 0.602. The zero-order chi connectivity index (χ0) is 21.3. The summed E-state index contributed by atoms with van der Waals surface area (Å²) in [6.07, 6.45) is -0.713. The smallest absolute Gasteiger partial charge is 0.449 e. The first-order valence-electron chi connectivity index (χ1n) is 9.09. The lowest BCUT2D eigenvalue weighted by atomic mass is 10.00. The molecule has 0 atom stereocenters. The van der Waals surface area contributed by atoms with Gasteiger partial charge in [0.2, 0.25) is 11.7 Å². The molecule has 6 nitrogen and oxygen atoms in total. The number of anilines is 1. The summed E-state index contributed by atoms with van der Waals surface area (Å²) < 4.78 is 56.7. The van der Waals surface area contributed by atoms with Crippen molar-refractivity contribution in [2.45, 2.75) is 19.1 Å². The van der Waals surface area contributed by atoms with E-state index in [2.05, 4.69) is 9.97 Å². The summed E-state index contributed by atoms with van der Waals surface area (Å²) in [6, 6.07) is 8.22. The van der Waals surface area contributed by atoms with Crippen molar-refractivity contribution in [2.24, 2.45) is 0 Å². The van der Waals surface area contributed by atoms with Crippen molar-refractivity contribution in [2.75, 3.05) is 18.0 Å². The molecule has 0 spiro atoms. The zero-order valence-corrected chi connectivity index (χ0v) is 15.6. The van der Waals surface area contributed by atoms with Crippen LogP contribution in [0.15, 0.2) is 58.0 Å². The minimum absolute atomic E-state index is 0.0226. The zero-order valence-electron chi connectivity index (χ0n) is 15.6. The Morgan fingerprint density at radius 1 is 1.10 bits per heavy atom. The molecular weight excluding hydrogens is 404 g/mol. The average Bonchev–Trinajstić information content (AvgIpc) is 3.20. The lowest BCUT2D eigenvalue weighted by molar-refractivity contribution is -0.153. The molecule has 0 bridgehead atoms. The van der Waals surface area contributed by atoms with Crippen LogP contribution >= 0.6 is 0 Å². The molecule has 0 unspecified atom stereocenters. The molecule has 3 heterocycles. The molecule has 1 aliphatic heterocycles. The molecule has 3 aromatic rings. The van der Waals surface area contributed by atoms with Crippen LogP contribution in [0.4, 0.5) is 23.5 Å². The van der Waals surface area contributed by atoms with E-state index < -0.39 is 17.6 Å². The van der Waals surface area contributed by atoms with Crippen molar-refractivity contribution in [1.29, 1.82) is 0 Å². The molecular formula is C20H16F4N4O2. The molecule has 0 N–H and O–H groups in total. The Kier molecular flexibility index (Phi) is 5.15. The molecule has 0 amide bonds. The van der Waals surface area contributed by atoms with Crippen molar-refractivity contribution in [3.8, 4) is 0 Å². The van der Waals surface area contributed by atoms with Crippen LogP contribution in [0, 0.1) is 5.82 Å². The minimum Gasteiger partial charge on any atom is -0.455 e. The van der Waals surface area contributed by atoms with Gasteiger partial charge in [0, 0.05) is 13.1 Å². The number of furan rings is 1. The molecule has 4 rings (SSSR count). The van der Waals surface area contributed by atoms with Gasteiger partial charge in [0.05, 0.1) is 6.54 Å². The predicted octanol–water partition coefficient (Wildman–Crippen LogP) is 3.73. The van der Waals surface area contributed by atoms with E-state index in [0.29, 0.717) is 19.5 Å². The fraction of sp³-hybridized carbons (Fsp3) is 0.250. The molecule has 1 aromatic carbocycles. The van der Waals surface area contributed by atoms with Crippen molar-refractivity contribution in [3.63, 3.8) is 0 Å². The molecule has 156 valence electrons. The summed E-state index contributed by atoms with van der Waals surface area (Å²) in [4.78, 5) is 22.2. The van der Waals surface area contributed by atoms with Gasteiger partial charge in [-0.15, -0.1) is 0 Å². The number of hydrogen-bond acceptors (Lipinski definition) is 5. The van der Waals surface area contributed by atoms with Crippen molar-refractivity contribution < 1.29 is 22.0 Å². The van der Waals surface area contributed by atoms with E-state index in [0.717, 1.165) is 27.8 Å². The number of rotatable bonds is 4. The lowest BCUT2D eigenvalue weighted by Crippen LogP contribution is -2.33. The second kappa shape index (κ2) is 7.77. The average molecular weight is 420 g/mol. The van der Waals surface area contributed by atoms with Crippen LogP contribution < -0.4 is 10.6 Å². The van der Waals surface area contributed by atoms with E-state index in [9.17, 15) is 22.4 Å². The number of hydrogen-bond donors (Lipinski definition) is 0. The van der Waals surface area contributed by atoms with E-state index >= 15 is 0 Å². The van der Waals surface area contributed by atoms with E-state index in [1.165, 1.54) is 18.5 Å². The second-order valence-corrected chi connectivity index (χ2v) is 6.76. The SMILES string of the molecule is O=c1nc(N2CC=C(c3ccc(F)cc3)CC2)ncn1Cc1ccc(C(F)(F)F)o1. The van der Waals surface area contributed by atoms with Crippen LogP contribution in [0.2, 0.25) is 0 Å². The Labute approximate surface area is 168 Å². The second-order valence-electron chi connectivity index (χ2n) is 6.76. The highest BCUT2D eigenvalue weighted by Gasteiger charge is 2.34. The number of alkyl halides is 3. The third-order valence-electron chi connectivity index (χ3n) is 4.73. The molecule has 0 fully saturated rings. The third-order valence-corrected chi connectivity index (χ3v) is 4.73. The van der Waals surface area contributed by atoms with E-state index in [1.54, 1.807) is 12.1 Å². The highest BCUT2D eigenvalue weighted by Crippen LogP contribution is 2.30. The summed E-state index contributed by atoms with van der Waals surface area (Å²) in [6.45, 7) is 0.840. The van der Waals surface area contributed by atoms with Crippen LogP contribution in [0.5, 0.6) is 0 Å². The van der Waals surface area contributed by atoms with Gasteiger partial charge < -0.3 is 9.32 Å². The van der Waals surface area contributed by atoms with Gasteiger partial charge in [-0.1, -0.05) is 18.2 Å². The lowest BCUT2D eigenvalue weighted by Gasteiger charge is -2.26. The molecule has 0 saturated carbocycles. The topological polar surface area (TPSA) is 64.2 Å². The summed E-state index contributed by atoms with van der Waals surface area (Å²) in [7, 11) is 0. The Hall–Kier alpha value is -3.43. The van der Waals surface area contributed by atoms with Crippen LogP contribution in [0.1, 0.15) is 23.5 Å². The maximum atomic E-state index is 13.1. The molecule has 30 heavy (non-hydrogen) atoms. The van der Waals surface area contributed by atoms with Gasteiger partial charge in [-0.25, -0.2) is 14.2 Å². The molecule has 1 aliphatic rings. The minimum atomic E-state index is -4.59. The molecule has 10 heteroatoms. The highest BCUT2D eigenvalue weighted by atomic mass is 19.4. The Morgan fingerprint density at radius 2 is 1.87 bits per heavy atom. The first kappa shape index (κ1) is 19.9. The van der Waals surface area contributed by atoms with Gasteiger partial charge in [-0.05, 0) is 41.8 Å². The molecule has 0 saturated heterocycles. The highest BCUT2D eigenvalue weighted by molar-refractivity contribution is 5.68. The Balaban J connectivity index is 1.45. The van der Waals surface area contributed by atoms with Crippen LogP contribution in [-0.4, -0.2) is 27.6 Å². The van der Waals surface area contributed by atoms with Crippen molar-refractivity contribution in [1.82, 2.24) is 14.5 Å². The normalized spacial score (nSPS) is 14.7. The van der Waals surface area contributed by atoms with Gasteiger partial charge in [0.25, 0.3) is 0 Å². The first-order chi connectivity index (χ1) is 14.3. The number of nitrogens with zero attached hydrogens (tertiary/aromatic N) is 4. The first-order valence-corrected chi connectivity index (χ1v) is 9.09. The fourth-order valence-corrected chi connectivity index (χ4v) is 3.17. The Morgan fingerprint density at radius 3 is 2.47 bits per heavy atom. The standard InChI is InChI=1S/C20H16F4N4O2/c21-15-3-1-13(2-4-15)14-7-9-27(10-8-14)18-25-12-28(19(29)26-18)11-16-5-6-17(30-16)20(22,23)24/h1-7,12H,8-11H2. The predicted molar refractivity (Wildman–Crippen MR) is 100 cm³/mol. The Bertz CT molecular complexity index is 1130. The van der Waals surface area contributed by atoms with Crippen LogP contribution in [0.25, 0.3) is 5.57 Å². The summed E-state index contributed by atoms with van der Waals surface area (Å²) in [5, 5.41) is 0. The van der Waals surface area contributed by atoms with Crippen LogP contribution in [0.3, 0.4) is 0 Å². The van der Waals surface area contributed by atoms with Gasteiger partial charge in [0.1, 0.15) is 17.9 Å². The molecule has 0 radical (unpaired) electrons. The maximum Gasteiger partial charge on any atom is 0.449 e. The van der Waals surface area contributed by atoms with E-state index in [4.69, 9.17) is 4.42 Å². The van der Waals surface area contributed by atoms with Crippen LogP contribution in [-0.2, 0) is 12.7 Å². The van der Waals surface area contributed by atoms with E-state index in [-0.39, 0.29) is 24.1 Å². The molecule has 0 aliphatic carbocycles. The summed E-state index contributed by atoms with van der Waals surface area (Å²) in [5.74, 6) is -1.21. The monoisotopic (exact) mass is 420 g/mol. The van der Waals surface area contributed by atoms with Gasteiger partial charge >= 0.3 is 11.9 Å². The van der Waals surface area contributed by atoms with Gasteiger partial charge in [-0.2, -0.15) is 18.2 Å².